The van der Waals surface area contributed by atoms with Gasteiger partial charge in [0, 0.05) is 37.0 Å². The zero-order chi connectivity index (χ0) is 24.6. The van der Waals surface area contributed by atoms with Crippen LogP contribution in [-0.2, 0) is 36.3 Å². The molecular formula is C27H27F2N3O3. The standard InChI is InChI=1S/C27H27F2N3O3/c1-3-23-14-32(16-30-23)13-18-7-6-17(9-19(18)15-34-2)25-24-5-4-8-27(33,26(24)35-31-25)20-10-21(28)12-22(29)11-20/h6-7,9-12,14,16,33H,3-5,8,13,15H2,1-2H3. The molecule has 2 aromatic heterocycles. The van der Waals surface area contributed by atoms with Crippen LogP contribution in [0.25, 0.3) is 11.3 Å². The van der Waals surface area contributed by atoms with Gasteiger partial charge in [0.2, 0.25) is 0 Å². The van der Waals surface area contributed by atoms with Crippen molar-refractivity contribution in [1.29, 1.82) is 0 Å². The molecule has 2 aromatic carbocycles. The van der Waals surface area contributed by atoms with Crippen LogP contribution in [0.1, 0.15) is 53.5 Å². The minimum atomic E-state index is -1.64. The molecule has 8 heteroatoms. The topological polar surface area (TPSA) is 73.3 Å². The molecule has 1 atom stereocenters. The van der Waals surface area contributed by atoms with Crippen molar-refractivity contribution in [3.8, 4) is 11.3 Å². The molecular weight excluding hydrogens is 452 g/mol. The smallest absolute Gasteiger partial charge is 0.176 e. The average molecular weight is 480 g/mol. The molecule has 0 aliphatic heterocycles. The SMILES string of the molecule is CCc1cn(Cc2ccc(-c3noc4c3CCCC4(O)c3cc(F)cc(F)c3)cc2COC)cn1. The van der Waals surface area contributed by atoms with Gasteiger partial charge in [0.05, 0.1) is 18.6 Å². The summed E-state index contributed by atoms with van der Waals surface area (Å²) in [5.41, 5.74) is 3.83. The number of fused-ring (bicyclic) bond motifs is 1. The zero-order valence-electron chi connectivity index (χ0n) is 19.7. The Kier molecular flexibility index (Phi) is 6.25. The molecule has 1 unspecified atom stereocenters. The molecule has 182 valence electrons. The van der Waals surface area contributed by atoms with Gasteiger partial charge in [0.25, 0.3) is 0 Å². The van der Waals surface area contributed by atoms with E-state index in [0.29, 0.717) is 31.7 Å². The summed E-state index contributed by atoms with van der Waals surface area (Å²) in [5, 5.41) is 15.8. The van der Waals surface area contributed by atoms with E-state index in [1.165, 1.54) is 0 Å². The maximum Gasteiger partial charge on any atom is 0.176 e. The van der Waals surface area contributed by atoms with Crippen LogP contribution in [0.3, 0.4) is 0 Å². The molecule has 0 spiro atoms. The Morgan fingerprint density at radius 1 is 1.14 bits per heavy atom. The summed E-state index contributed by atoms with van der Waals surface area (Å²) < 4.78 is 41.0. The largest absolute Gasteiger partial charge is 0.380 e. The van der Waals surface area contributed by atoms with Gasteiger partial charge in [-0.05, 0) is 60.6 Å². The molecule has 35 heavy (non-hydrogen) atoms. The average Bonchev–Trinajstić information content (AvgIpc) is 3.48. The number of benzene rings is 2. The van der Waals surface area contributed by atoms with Crippen molar-refractivity contribution < 1.29 is 23.1 Å². The normalized spacial score (nSPS) is 17.5. The van der Waals surface area contributed by atoms with Crippen LogP contribution in [0.2, 0.25) is 0 Å². The molecule has 6 nitrogen and oxygen atoms in total. The number of methoxy groups -OCH3 is 1. The lowest BCUT2D eigenvalue weighted by Gasteiger charge is -2.30. The predicted molar refractivity (Wildman–Crippen MR) is 126 cm³/mol. The van der Waals surface area contributed by atoms with E-state index in [1.54, 1.807) is 7.11 Å². The third-order valence-electron chi connectivity index (χ3n) is 6.65. The van der Waals surface area contributed by atoms with E-state index < -0.39 is 17.2 Å². The molecule has 0 radical (unpaired) electrons. The Morgan fingerprint density at radius 2 is 1.94 bits per heavy atom. The van der Waals surface area contributed by atoms with Crippen LogP contribution in [0.15, 0.2) is 53.4 Å². The van der Waals surface area contributed by atoms with Gasteiger partial charge in [-0.1, -0.05) is 24.2 Å². The van der Waals surface area contributed by atoms with Gasteiger partial charge in [-0.15, -0.1) is 0 Å². The minimum Gasteiger partial charge on any atom is -0.380 e. The Morgan fingerprint density at radius 3 is 2.66 bits per heavy atom. The van der Waals surface area contributed by atoms with Crippen LogP contribution >= 0.6 is 0 Å². The lowest BCUT2D eigenvalue weighted by atomic mass is 9.78. The first kappa shape index (κ1) is 23.4. The monoisotopic (exact) mass is 479 g/mol. The fourth-order valence-corrected chi connectivity index (χ4v) is 4.89. The van der Waals surface area contributed by atoms with Gasteiger partial charge < -0.3 is 18.9 Å². The van der Waals surface area contributed by atoms with E-state index >= 15 is 0 Å². The van der Waals surface area contributed by atoms with E-state index in [4.69, 9.17) is 9.26 Å². The van der Waals surface area contributed by atoms with Gasteiger partial charge in [0.1, 0.15) is 17.3 Å². The highest BCUT2D eigenvalue weighted by Gasteiger charge is 2.42. The quantitative estimate of drug-likeness (QED) is 0.397. The summed E-state index contributed by atoms with van der Waals surface area (Å²) >= 11 is 0. The van der Waals surface area contributed by atoms with E-state index in [1.807, 2.05) is 35.3 Å². The number of halogens is 2. The van der Waals surface area contributed by atoms with Crippen LogP contribution in [0, 0.1) is 11.6 Å². The van der Waals surface area contributed by atoms with E-state index in [-0.39, 0.29) is 17.7 Å². The summed E-state index contributed by atoms with van der Waals surface area (Å²) in [6.45, 7) is 3.15. The number of aliphatic hydroxyl groups is 1. The number of nitrogens with zero attached hydrogens (tertiary/aromatic N) is 3. The van der Waals surface area contributed by atoms with Gasteiger partial charge >= 0.3 is 0 Å². The minimum absolute atomic E-state index is 0.126. The number of rotatable bonds is 7. The highest BCUT2D eigenvalue weighted by atomic mass is 19.1. The van der Waals surface area contributed by atoms with Crippen molar-refractivity contribution >= 4 is 0 Å². The Hall–Kier alpha value is -3.36. The predicted octanol–water partition coefficient (Wildman–Crippen LogP) is 5.15. The lowest BCUT2D eigenvalue weighted by molar-refractivity contribution is 0.0316. The third kappa shape index (κ3) is 4.39. The van der Waals surface area contributed by atoms with Gasteiger partial charge in [0.15, 0.2) is 11.4 Å². The fourth-order valence-electron chi connectivity index (χ4n) is 4.89. The fraction of sp³-hybridized carbons (Fsp3) is 0.333. The van der Waals surface area contributed by atoms with Crippen molar-refractivity contribution in [1.82, 2.24) is 14.7 Å². The molecule has 1 N–H and O–H groups in total. The second kappa shape index (κ2) is 9.36. The van der Waals surface area contributed by atoms with Crippen LogP contribution in [0.4, 0.5) is 8.78 Å². The first-order valence-corrected chi connectivity index (χ1v) is 11.7. The number of aryl methyl sites for hydroxylation is 1. The summed E-state index contributed by atoms with van der Waals surface area (Å²) in [7, 11) is 1.65. The first-order valence-electron chi connectivity index (χ1n) is 11.7. The highest BCUT2D eigenvalue weighted by Crippen LogP contribution is 2.44. The Balaban J connectivity index is 1.52. The molecule has 0 saturated carbocycles. The zero-order valence-corrected chi connectivity index (χ0v) is 19.7. The molecule has 4 aromatic rings. The van der Waals surface area contributed by atoms with E-state index in [2.05, 4.69) is 17.1 Å². The van der Waals surface area contributed by atoms with Crippen molar-refractivity contribution in [3.05, 3.63) is 94.3 Å². The summed E-state index contributed by atoms with van der Waals surface area (Å²) in [4.78, 5) is 4.40. The number of imidazole rings is 1. The molecule has 0 bridgehead atoms. The van der Waals surface area contributed by atoms with Crippen molar-refractivity contribution in [2.24, 2.45) is 0 Å². The Bertz CT molecular complexity index is 1340. The number of hydrogen-bond acceptors (Lipinski definition) is 5. The number of ether oxygens (including phenoxy) is 1. The van der Waals surface area contributed by atoms with Gasteiger partial charge in [-0.2, -0.15) is 0 Å². The second-order valence-corrected chi connectivity index (χ2v) is 9.02. The van der Waals surface area contributed by atoms with Crippen molar-refractivity contribution in [3.63, 3.8) is 0 Å². The third-order valence-corrected chi connectivity index (χ3v) is 6.65. The van der Waals surface area contributed by atoms with Crippen LogP contribution in [-0.4, -0.2) is 26.9 Å². The maximum absolute atomic E-state index is 13.9. The molecule has 1 aliphatic carbocycles. The highest BCUT2D eigenvalue weighted by molar-refractivity contribution is 5.66. The van der Waals surface area contributed by atoms with E-state index in [0.717, 1.165) is 52.6 Å². The van der Waals surface area contributed by atoms with Gasteiger partial charge in [-0.3, -0.25) is 0 Å². The summed E-state index contributed by atoms with van der Waals surface area (Å²) in [5.74, 6) is -1.25. The Labute approximate surface area is 202 Å². The van der Waals surface area contributed by atoms with Crippen molar-refractivity contribution in [2.75, 3.05) is 7.11 Å². The van der Waals surface area contributed by atoms with Crippen molar-refractivity contribution in [2.45, 2.75) is 51.4 Å². The number of aromatic nitrogens is 3. The lowest BCUT2D eigenvalue weighted by Crippen LogP contribution is -2.31. The summed E-state index contributed by atoms with van der Waals surface area (Å²) in [6.07, 6.45) is 6.30. The number of hydrogen-bond donors (Lipinski definition) is 1. The molecule has 0 saturated heterocycles. The van der Waals surface area contributed by atoms with Crippen LogP contribution in [0.5, 0.6) is 0 Å². The molecule has 2 heterocycles. The van der Waals surface area contributed by atoms with Gasteiger partial charge in [-0.25, -0.2) is 13.8 Å². The van der Waals surface area contributed by atoms with Crippen LogP contribution < -0.4 is 0 Å². The summed E-state index contributed by atoms with van der Waals surface area (Å²) in [6, 6.07) is 9.10. The molecule has 5 rings (SSSR count). The van der Waals surface area contributed by atoms with E-state index in [9.17, 15) is 13.9 Å². The molecule has 0 amide bonds. The molecule has 0 fully saturated rings. The molecule has 1 aliphatic rings. The maximum atomic E-state index is 13.9. The second-order valence-electron chi connectivity index (χ2n) is 9.02. The first-order chi connectivity index (χ1) is 16.9.